The minimum Gasteiger partial charge on any atom is -0.452 e. The van der Waals surface area contributed by atoms with E-state index in [4.69, 9.17) is 14.4 Å². The third-order valence-corrected chi connectivity index (χ3v) is 10.0. The van der Waals surface area contributed by atoms with Gasteiger partial charge < -0.3 is 8.98 Å². The number of hydrogen-bond acceptors (Lipinski definition) is 3. The van der Waals surface area contributed by atoms with Crippen LogP contribution in [0.4, 0.5) is 0 Å². The van der Waals surface area contributed by atoms with E-state index in [0.29, 0.717) is 11.4 Å². The molecule has 0 spiro atoms. The molecule has 47 heavy (non-hydrogen) atoms. The molecule has 0 radical (unpaired) electrons. The molecule has 1 aliphatic rings. The normalized spacial score (nSPS) is 13.5. The first-order chi connectivity index (χ1) is 23.1. The Morgan fingerprint density at radius 3 is 2.15 bits per heavy atom. The van der Waals surface area contributed by atoms with Gasteiger partial charge in [0, 0.05) is 32.7 Å². The first kappa shape index (κ1) is 26.2. The highest BCUT2D eigenvalue weighted by Gasteiger charge is 2.38. The van der Waals surface area contributed by atoms with Gasteiger partial charge in [-0.15, -0.1) is 0 Å². The highest BCUT2D eigenvalue weighted by molar-refractivity contribution is 6.14. The van der Waals surface area contributed by atoms with E-state index in [2.05, 4.69) is 122 Å². The largest absolute Gasteiger partial charge is 0.452 e. The van der Waals surface area contributed by atoms with Crippen molar-refractivity contribution in [2.24, 2.45) is 0 Å². The average Bonchev–Trinajstić information content (AvgIpc) is 3.74. The predicted octanol–water partition coefficient (Wildman–Crippen LogP) is 11.1. The predicted molar refractivity (Wildman–Crippen MR) is 192 cm³/mol. The average molecular weight is 604 g/mol. The van der Waals surface area contributed by atoms with Crippen LogP contribution in [0.1, 0.15) is 25.0 Å². The molecule has 1 aliphatic carbocycles. The molecule has 0 saturated carbocycles. The maximum absolute atomic E-state index is 6.59. The van der Waals surface area contributed by atoms with Gasteiger partial charge in [0.25, 0.3) is 0 Å². The summed E-state index contributed by atoms with van der Waals surface area (Å²) in [5.74, 6) is 0.675. The van der Waals surface area contributed by atoms with Gasteiger partial charge >= 0.3 is 0 Å². The number of fused-ring (bicyclic) bond motifs is 10. The molecule has 0 fully saturated rings. The van der Waals surface area contributed by atoms with Crippen LogP contribution in [0, 0.1) is 0 Å². The summed E-state index contributed by atoms with van der Waals surface area (Å²) < 4.78 is 9.05. The lowest BCUT2D eigenvalue weighted by Crippen LogP contribution is -2.16. The van der Waals surface area contributed by atoms with Crippen LogP contribution in [-0.2, 0) is 5.41 Å². The zero-order valence-electron chi connectivity index (χ0n) is 26.0. The molecule has 0 atom stereocenters. The second-order valence-electron chi connectivity index (χ2n) is 13.0. The van der Waals surface area contributed by atoms with Crippen molar-refractivity contribution in [1.82, 2.24) is 14.5 Å². The summed E-state index contributed by atoms with van der Waals surface area (Å²) in [6.45, 7) is 4.72. The van der Waals surface area contributed by atoms with E-state index < -0.39 is 0 Å². The molecule has 0 unspecified atom stereocenters. The van der Waals surface area contributed by atoms with Crippen molar-refractivity contribution in [3.8, 4) is 39.5 Å². The third kappa shape index (κ3) is 3.58. The number of rotatable bonds is 3. The Labute approximate surface area is 271 Å². The smallest absolute Gasteiger partial charge is 0.180 e. The van der Waals surface area contributed by atoms with Crippen molar-refractivity contribution >= 4 is 43.9 Å². The summed E-state index contributed by atoms with van der Waals surface area (Å²) in [6.07, 6.45) is 0. The Bertz CT molecular complexity index is 2710. The summed E-state index contributed by atoms with van der Waals surface area (Å²) in [5, 5.41) is 3.46. The summed E-state index contributed by atoms with van der Waals surface area (Å²) in [5.41, 5.74) is 13.6. The molecular weight excluding hydrogens is 574 g/mol. The maximum Gasteiger partial charge on any atom is 0.180 e. The zero-order chi connectivity index (χ0) is 31.3. The Balaban J connectivity index is 1.34. The van der Waals surface area contributed by atoms with E-state index >= 15 is 0 Å². The molecule has 0 saturated heterocycles. The van der Waals surface area contributed by atoms with Crippen molar-refractivity contribution in [3.05, 3.63) is 151 Å². The fourth-order valence-electron chi connectivity index (χ4n) is 7.92. The molecule has 4 nitrogen and oxygen atoms in total. The van der Waals surface area contributed by atoms with Gasteiger partial charge in [0.05, 0.1) is 16.7 Å². The van der Waals surface area contributed by atoms with Crippen molar-refractivity contribution in [2.75, 3.05) is 0 Å². The lowest BCUT2D eigenvalue weighted by molar-refractivity contribution is 0.663. The minimum absolute atomic E-state index is 0.187. The second kappa shape index (κ2) is 9.51. The molecule has 0 bridgehead atoms. The van der Waals surface area contributed by atoms with Gasteiger partial charge in [-0.05, 0) is 46.5 Å². The van der Waals surface area contributed by atoms with E-state index in [9.17, 15) is 0 Å². The van der Waals surface area contributed by atoms with Crippen molar-refractivity contribution in [3.63, 3.8) is 0 Å². The maximum atomic E-state index is 6.59. The minimum atomic E-state index is -0.187. The molecule has 4 heteroatoms. The van der Waals surface area contributed by atoms with Crippen molar-refractivity contribution < 1.29 is 4.42 Å². The summed E-state index contributed by atoms with van der Waals surface area (Å²) in [6, 6.07) is 49.2. The summed E-state index contributed by atoms with van der Waals surface area (Å²) >= 11 is 0. The van der Waals surface area contributed by atoms with Crippen molar-refractivity contribution in [1.29, 1.82) is 0 Å². The topological polar surface area (TPSA) is 43.9 Å². The van der Waals surface area contributed by atoms with E-state index in [0.717, 1.165) is 44.5 Å². The number of benzene rings is 6. The molecule has 0 amide bonds. The molecular formula is C43H29N3O. The van der Waals surface area contributed by atoms with Crippen LogP contribution in [-0.4, -0.2) is 14.5 Å². The van der Waals surface area contributed by atoms with Gasteiger partial charge in [-0.1, -0.05) is 129 Å². The molecule has 10 rings (SSSR count). The number of furan rings is 1. The van der Waals surface area contributed by atoms with Gasteiger partial charge in [0.15, 0.2) is 11.4 Å². The molecule has 222 valence electrons. The molecule has 0 N–H and O–H groups in total. The van der Waals surface area contributed by atoms with Crippen LogP contribution in [0.2, 0.25) is 0 Å². The van der Waals surface area contributed by atoms with Crippen LogP contribution >= 0.6 is 0 Å². The van der Waals surface area contributed by atoms with E-state index in [1.54, 1.807) is 0 Å². The molecule has 3 heterocycles. The first-order valence-electron chi connectivity index (χ1n) is 16.1. The zero-order valence-corrected chi connectivity index (χ0v) is 26.0. The van der Waals surface area contributed by atoms with Crippen LogP contribution < -0.4 is 0 Å². The molecule has 6 aromatic carbocycles. The third-order valence-electron chi connectivity index (χ3n) is 10.0. The fraction of sp³-hybridized carbons (Fsp3) is 0.0698. The van der Waals surface area contributed by atoms with Crippen LogP contribution in [0.5, 0.6) is 0 Å². The van der Waals surface area contributed by atoms with Gasteiger partial charge in [0.1, 0.15) is 16.8 Å². The first-order valence-corrected chi connectivity index (χ1v) is 16.1. The van der Waals surface area contributed by atoms with Gasteiger partial charge in [0.2, 0.25) is 0 Å². The fourth-order valence-corrected chi connectivity index (χ4v) is 7.92. The van der Waals surface area contributed by atoms with Crippen LogP contribution in [0.3, 0.4) is 0 Å². The van der Waals surface area contributed by atoms with E-state index in [1.807, 2.05) is 36.4 Å². The van der Waals surface area contributed by atoms with E-state index in [1.165, 1.54) is 38.5 Å². The Hall–Kier alpha value is -6.00. The Morgan fingerprint density at radius 1 is 0.574 bits per heavy atom. The monoisotopic (exact) mass is 603 g/mol. The Kier molecular flexibility index (Phi) is 5.31. The lowest BCUT2D eigenvalue weighted by Gasteiger charge is -2.24. The van der Waals surface area contributed by atoms with E-state index in [-0.39, 0.29) is 5.41 Å². The van der Waals surface area contributed by atoms with Gasteiger partial charge in [-0.3, -0.25) is 0 Å². The van der Waals surface area contributed by atoms with Crippen LogP contribution in [0.25, 0.3) is 83.3 Å². The summed E-state index contributed by atoms with van der Waals surface area (Å²) in [4.78, 5) is 10.4. The van der Waals surface area contributed by atoms with Crippen LogP contribution in [0.15, 0.2) is 144 Å². The quantitative estimate of drug-likeness (QED) is 0.202. The molecule has 9 aromatic rings. The highest BCUT2D eigenvalue weighted by Crippen LogP contribution is 2.53. The van der Waals surface area contributed by atoms with Gasteiger partial charge in [-0.25, -0.2) is 9.97 Å². The standard InChI is InChI=1S/C43H29N3O/c1-43(2)33-20-10-6-16-27(33)29-24-25-30-28-17-7-11-21-34(28)46(40(30)37(29)43)35-22-12-8-18-31(35)38-41-39(32-19-9-13-23-36(32)47-41)45-42(44-38)26-14-4-3-5-15-26/h3-25H,1-2H3. The number of aromatic nitrogens is 3. The lowest BCUT2D eigenvalue weighted by atomic mass is 9.81. The highest BCUT2D eigenvalue weighted by atomic mass is 16.3. The molecule has 0 aliphatic heterocycles. The summed E-state index contributed by atoms with van der Waals surface area (Å²) in [7, 11) is 0. The second-order valence-corrected chi connectivity index (χ2v) is 13.0. The number of hydrogen-bond donors (Lipinski definition) is 0. The number of para-hydroxylation sites is 3. The van der Waals surface area contributed by atoms with Gasteiger partial charge in [-0.2, -0.15) is 0 Å². The SMILES string of the molecule is CC1(C)c2ccccc2-c2ccc3c4ccccc4n(-c4ccccc4-c4nc(-c5ccccc5)nc5c4oc4ccccc45)c3c21. The molecule has 3 aromatic heterocycles. The Morgan fingerprint density at radius 2 is 1.28 bits per heavy atom. The van der Waals surface area contributed by atoms with Crippen molar-refractivity contribution in [2.45, 2.75) is 19.3 Å². The number of nitrogens with zero attached hydrogens (tertiary/aromatic N) is 3.